The average Bonchev–Trinajstić information content (AvgIpc) is 2.07. The van der Waals surface area contributed by atoms with Gasteiger partial charge in [-0.1, -0.05) is 24.1 Å². The summed E-state index contributed by atoms with van der Waals surface area (Å²) in [5, 5.41) is 0.618. The molecule has 1 aliphatic carbocycles. The van der Waals surface area contributed by atoms with Crippen LogP contribution in [0.3, 0.4) is 0 Å². The summed E-state index contributed by atoms with van der Waals surface area (Å²) < 4.78 is 0. The minimum atomic E-state index is 0.130. The Hall–Kier alpha value is -0.600. The van der Waals surface area contributed by atoms with E-state index in [2.05, 4.69) is 4.98 Å². The van der Waals surface area contributed by atoms with Crippen molar-refractivity contribution >= 4 is 11.6 Å². The SMILES string of the molecule is NCC1(c2cccnc2Cl)CCC1. The predicted octanol–water partition coefficient (Wildman–Crippen LogP) is 2.12. The van der Waals surface area contributed by atoms with Gasteiger partial charge in [-0.25, -0.2) is 4.98 Å². The van der Waals surface area contributed by atoms with E-state index in [0.29, 0.717) is 11.7 Å². The molecule has 2 N–H and O–H groups in total. The second-order valence-electron chi connectivity index (χ2n) is 3.68. The Labute approximate surface area is 83.1 Å². The molecular formula is C10H13ClN2. The van der Waals surface area contributed by atoms with Crippen LogP contribution in [0, 0.1) is 0 Å². The van der Waals surface area contributed by atoms with Crippen molar-refractivity contribution in [3.05, 3.63) is 29.0 Å². The third-order valence-electron chi connectivity index (χ3n) is 3.03. The van der Waals surface area contributed by atoms with E-state index >= 15 is 0 Å². The molecule has 1 heterocycles. The lowest BCUT2D eigenvalue weighted by Crippen LogP contribution is -2.41. The van der Waals surface area contributed by atoms with Gasteiger partial charge in [-0.3, -0.25) is 0 Å². The molecule has 2 nitrogen and oxygen atoms in total. The van der Waals surface area contributed by atoms with Crippen LogP contribution in [-0.4, -0.2) is 11.5 Å². The number of nitrogens with two attached hydrogens (primary N) is 1. The first-order chi connectivity index (χ1) is 6.28. The van der Waals surface area contributed by atoms with Crippen LogP contribution in [0.15, 0.2) is 18.3 Å². The molecule has 1 saturated carbocycles. The van der Waals surface area contributed by atoms with Gasteiger partial charge in [0.2, 0.25) is 0 Å². The molecule has 0 saturated heterocycles. The van der Waals surface area contributed by atoms with Gasteiger partial charge in [-0.15, -0.1) is 0 Å². The zero-order valence-electron chi connectivity index (χ0n) is 7.46. The molecule has 0 spiro atoms. The van der Waals surface area contributed by atoms with Crippen LogP contribution in [0.25, 0.3) is 0 Å². The number of nitrogens with zero attached hydrogens (tertiary/aromatic N) is 1. The lowest BCUT2D eigenvalue weighted by molar-refractivity contribution is 0.252. The molecule has 70 valence electrons. The number of hydrogen-bond donors (Lipinski definition) is 1. The van der Waals surface area contributed by atoms with Crippen molar-refractivity contribution in [1.82, 2.24) is 4.98 Å². The minimum Gasteiger partial charge on any atom is -0.330 e. The molecule has 1 aromatic rings. The van der Waals surface area contributed by atoms with E-state index in [1.807, 2.05) is 12.1 Å². The van der Waals surface area contributed by atoms with Gasteiger partial charge in [-0.05, 0) is 24.5 Å². The Morgan fingerprint density at radius 1 is 1.54 bits per heavy atom. The Morgan fingerprint density at radius 2 is 2.31 bits per heavy atom. The molecule has 0 radical (unpaired) electrons. The maximum atomic E-state index is 6.03. The van der Waals surface area contributed by atoms with Crippen LogP contribution in [-0.2, 0) is 5.41 Å². The summed E-state index contributed by atoms with van der Waals surface area (Å²) in [5.74, 6) is 0. The van der Waals surface area contributed by atoms with Crippen molar-refractivity contribution in [2.24, 2.45) is 5.73 Å². The summed E-state index contributed by atoms with van der Waals surface area (Å²) in [6.45, 7) is 0.679. The maximum absolute atomic E-state index is 6.03. The quantitative estimate of drug-likeness (QED) is 0.736. The number of pyridine rings is 1. The molecule has 0 amide bonds. The monoisotopic (exact) mass is 196 g/mol. The van der Waals surface area contributed by atoms with Gasteiger partial charge >= 0.3 is 0 Å². The summed E-state index contributed by atoms with van der Waals surface area (Å²) in [6.07, 6.45) is 5.26. The normalized spacial score (nSPS) is 19.5. The number of halogens is 1. The van der Waals surface area contributed by atoms with Crippen LogP contribution in [0.1, 0.15) is 24.8 Å². The van der Waals surface area contributed by atoms with Crippen molar-refractivity contribution < 1.29 is 0 Å². The van der Waals surface area contributed by atoms with E-state index in [-0.39, 0.29) is 5.41 Å². The Kier molecular flexibility index (Phi) is 2.26. The molecule has 0 bridgehead atoms. The Balaban J connectivity index is 2.38. The van der Waals surface area contributed by atoms with Crippen LogP contribution in [0.4, 0.5) is 0 Å². The predicted molar refractivity (Wildman–Crippen MR) is 53.8 cm³/mol. The molecule has 13 heavy (non-hydrogen) atoms. The standard InChI is InChI=1S/C10H13ClN2/c11-9-8(3-1-6-13-9)10(7-12)4-2-5-10/h1,3,6H,2,4-5,7,12H2. The first-order valence-electron chi connectivity index (χ1n) is 4.60. The fraction of sp³-hybridized carbons (Fsp3) is 0.500. The fourth-order valence-corrected chi connectivity index (χ4v) is 2.29. The molecule has 1 aliphatic rings. The molecule has 2 rings (SSSR count). The third-order valence-corrected chi connectivity index (χ3v) is 3.33. The lowest BCUT2D eigenvalue weighted by Gasteiger charge is -2.41. The van der Waals surface area contributed by atoms with Gasteiger partial charge in [0, 0.05) is 18.2 Å². The molecule has 1 fully saturated rings. The molecule has 3 heteroatoms. The van der Waals surface area contributed by atoms with Gasteiger partial charge in [0.15, 0.2) is 0 Å². The van der Waals surface area contributed by atoms with E-state index in [9.17, 15) is 0 Å². The van der Waals surface area contributed by atoms with Gasteiger partial charge < -0.3 is 5.73 Å². The van der Waals surface area contributed by atoms with Crippen molar-refractivity contribution in [2.75, 3.05) is 6.54 Å². The van der Waals surface area contributed by atoms with E-state index in [1.54, 1.807) is 6.20 Å². The van der Waals surface area contributed by atoms with E-state index in [4.69, 9.17) is 17.3 Å². The Morgan fingerprint density at radius 3 is 2.77 bits per heavy atom. The van der Waals surface area contributed by atoms with Gasteiger partial charge in [-0.2, -0.15) is 0 Å². The molecule has 0 aromatic carbocycles. The van der Waals surface area contributed by atoms with Crippen molar-refractivity contribution in [3.63, 3.8) is 0 Å². The minimum absolute atomic E-state index is 0.130. The Bertz CT molecular complexity index is 302. The molecule has 0 aliphatic heterocycles. The average molecular weight is 197 g/mol. The highest BCUT2D eigenvalue weighted by molar-refractivity contribution is 6.30. The zero-order chi connectivity index (χ0) is 9.31. The molecule has 0 unspecified atom stereocenters. The van der Waals surface area contributed by atoms with Crippen molar-refractivity contribution in [3.8, 4) is 0 Å². The fourth-order valence-electron chi connectivity index (χ4n) is 1.97. The van der Waals surface area contributed by atoms with Crippen LogP contribution >= 0.6 is 11.6 Å². The van der Waals surface area contributed by atoms with Crippen LogP contribution in [0.2, 0.25) is 5.15 Å². The van der Waals surface area contributed by atoms with E-state index < -0.39 is 0 Å². The summed E-state index contributed by atoms with van der Waals surface area (Å²) in [7, 11) is 0. The summed E-state index contributed by atoms with van der Waals surface area (Å²) in [5.41, 5.74) is 7.04. The lowest BCUT2D eigenvalue weighted by atomic mass is 9.65. The van der Waals surface area contributed by atoms with Crippen LogP contribution < -0.4 is 5.73 Å². The maximum Gasteiger partial charge on any atom is 0.132 e. The number of aromatic nitrogens is 1. The smallest absolute Gasteiger partial charge is 0.132 e. The first kappa shape index (κ1) is 8.97. The summed E-state index contributed by atoms with van der Waals surface area (Å²) >= 11 is 6.03. The van der Waals surface area contributed by atoms with Gasteiger partial charge in [0.05, 0.1) is 0 Å². The number of rotatable bonds is 2. The van der Waals surface area contributed by atoms with Gasteiger partial charge in [0.25, 0.3) is 0 Å². The van der Waals surface area contributed by atoms with Crippen molar-refractivity contribution in [2.45, 2.75) is 24.7 Å². The summed E-state index contributed by atoms with van der Waals surface area (Å²) in [4.78, 5) is 4.08. The zero-order valence-corrected chi connectivity index (χ0v) is 8.22. The largest absolute Gasteiger partial charge is 0.330 e. The summed E-state index contributed by atoms with van der Waals surface area (Å²) in [6, 6.07) is 3.97. The van der Waals surface area contributed by atoms with Crippen LogP contribution in [0.5, 0.6) is 0 Å². The van der Waals surface area contributed by atoms with Gasteiger partial charge in [0.1, 0.15) is 5.15 Å². The highest BCUT2D eigenvalue weighted by Crippen LogP contribution is 2.44. The highest BCUT2D eigenvalue weighted by atomic mass is 35.5. The third kappa shape index (κ3) is 1.34. The highest BCUT2D eigenvalue weighted by Gasteiger charge is 2.38. The van der Waals surface area contributed by atoms with Crippen molar-refractivity contribution in [1.29, 1.82) is 0 Å². The van der Waals surface area contributed by atoms with E-state index in [1.165, 1.54) is 6.42 Å². The topological polar surface area (TPSA) is 38.9 Å². The first-order valence-corrected chi connectivity index (χ1v) is 4.97. The second-order valence-corrected chi connectivity index (χ2v) is 4.04. The van der Waals surface area contributed by atoms with E-state index in [0.717, 1.165) is 18.4 Å². The molecular weight excluding hydrogens is 184 g/mol. The molecule has 1 aromatic heterocycles. The molecule has 0 atom stereocenters. The second kappa shape index (κ2) is 3.28. The number of hydrogen-bond acceptors (Lipinski definition) is 2.